The smallest absolute Gasteiger partial charge is 0.140 e. The van der Waals surface area contributed by atoms with E-state index < -0.39 is 0 Å². The molecule has 0 aromatic carbocycles. The molecule has 0 radical (unpaired) electrons. The molecule has 0 atom stereocenters. The first kappa shape index (κ1) is 13.7. The fourth-order valence-electron chi connectivity index (χ4n) is 3.44. The van der Waals surface area contributed by atoms with Gasteiger partial charge in [0.15, 0.2) is 0 Å². The minimum Gasteiger partial charge on any atom is -0.367 e. The molecule has 0 bridgehead atoms. The minimum absolute atomic E-state index is 0.495. The first-order valence-electron chi connectivity index (χ1n) is 8.10. The van der Waals surface area contributed by atoms with Crippen LogP contribution in [0, 0.1) is 0 Å². The van der Waals surface area contributed by atoms with E-state index in [-0.39, 0.29) is 0 Å². The Kier molecular flexibility index (Phi) is 3.76. The molecule has 0 spiro atoms. The number of nitrogens with one attached hydrogen (secondary N) is 1. The highest BCUT2D eigenvalue weighted by Crippen LogP contribution is 2.26. The first-order chi connectivity index (χ1) is 10.9. The number of hydrogen-bond acceptors (Lipinski definition) is 6. The number of likely N-dealkylation sites (tertiary alicyclic amines) is 1. The van der Waals surface area contributed by atoms with E-state index in [1.165, 1.54) is 12.0 Å². The van der Waals surface area contributed by atoms with Crippen LogP contribution < -0.4 is 5.32 Å². The molecule has 1 saturated heterocycles. The van der Waals surface area contributed by atoms with E-state index in [9.17, 15) is 0 Å². The summed E-state index contributed by atoms with van der Waals surface area (Å²) in [5.74, 6) is 2.04. The number of piperidine rings is 1. The number of anilines is 1. The van der Waals surface area contributed by atoms with E-state index in [0.29, 0.717) is 6.04 Å². The van der Waals surface area contributed by atoms with E-state index in [4.69, 9.17) is 4.52 Å². The largest absolute Gasteiger partial charge is 0.367 e. The van der Waals surface area contributed by atoms with Crippen LogP contribution in [0.15, 0.2) is 23.1 Å². The van der Waals surface area contributed by atoms with Crippen LogP contribution in [0.2, 0.25) is 0 Å². The minimum atomic E-state index is 0.495. The average Bonchev–Trinajstić information content (AvgIpc) is 3.15. The van der Waals surface area contributed by atoms with Gasteiger partial charge in [-0.3, -0.25) is 4.90 Å². The van der Waals surface area contributed by atoms with Crippen molar-refractivity contribution in [3.05, 3.63) is 35.6 Å². The van der Waals surface area contributed by atoms with Crippen LogP contribution in [0.4, 0.5) is 5.82 Å². The van der Waals surface area contributed by atoms with Crippen LogP contribution in [-0.2, 0) is 19.4 Å². The normalized spacial score (nSPS) is 19.3. The maximum atomic E-state index is 5.45. The van der Waals surface area contributed by atoms with Crippen molar-refractivity contribution in [3.63, 3.8) is 0 Å². The van der Waals surface area contributed by atoms with Crippen molar-refractivity contribution in [3.8, 4) is 0 Å². The Bertz CT molecular complexity index is 619. The van der Waals surface area contributed by atoms with Gasteiger partial charge in [0, 0.05) is 43.9 Å². The molecule has 1 fully saturated rings. The molecule has 6 nitrogen and oxygen atoms in total. The quantitative estimate of drug-likeness (QED) is 0.932. The van der Waals surface area contributed by atoms with Crippen LogP contribution in [-0.4, -0.2) is 39.2 Å². The lowest BCUT2D eigenvalue weighted by Crippen LogP contribution is -2.39. The zero-order chi connectivity index (χ0) is 14.8. The van der Waals surface area contributed by atoms with Gasteiger partial charge in [-0.05, 0) is 31.7 Å². The average molecular weight is 299 g/mol. The summed E-state index contributed by atoms with van der Waals surface area (Å²) in [7, 11) is 0. The lowest BCUT2D eigenvalue weighted by Gasteiger charge is -2.32. The number of rotatable bonds is 4. The van der Waals surface area contributed by atoms with E-state index in [1.54, 1.807) is 12.5 Å². The zero-order valence-corrected chi connectivity index (χ0v) is 12.7. The van der Waals surface area contributed by atoms with Crippen molar-refractivity contribution in [1.82, 2.24) is 20.0 Å². The second kappa shape index (κ2) is 6.04. The molecule has 3 heterocycles. The fourth-order valence-corrected chi connectivity index (χ4v) is 3.44. The Morgan fingerprint density at radius 2 is 2.18 bits per heavy atom. The van der Waals surface area contributed by atoms with Crippen molar-refractivity contribution in [2.45, 2.75) is 44.7 Å². The van der Waals surface area contributed by atoms with Crippen LogP contribution in [0.25, 0.3) is 0 Å². The summed E-state index contributed by atoms with van der Waals surface area (Å²) >= 11 is 0. The van der Waals surface area contributed by atoms with Crippen LogP contribution in [0.3, 0.4) is 0 Å². The Labute approximate surface area is 129 Å². The van der Waals surface area contributed by atoms with Gasteiger partial charge in [-0.15, -0.1) is 0 Å². The maximum Gasteiger partial charge on any atom is 0.140 e. The monoisotopic (exact) mass is 299 g/mol. The molecule has 116 valence electrons. The molecular formula is C16H21N5O. The molecule has 22 heavy (non-hydrogen) atoms. The molecule has 2 aromatic heterocycles. The lowest BCUT2D eigenvalue weighted by atomic mass is 10.0. The summed E-state index contributed by atoms with van der Waals surface area (Å²) in [5.41, 5.74) is 2.54. The summed E-state index contributed by atoms with van der Waals surface area (Å²) in [6.45, 7) is 3.10. The fraction of sp³-hybridized carbons (Fsp3) is 0.562. The van der Waals surface area contributed by atoms with Crippen LogP contribution in [0.5, 0.6) is 0 Å². The topological polar surface area (TPSA) is 67.1 Å². The summed E-state index contributed by atoms with van der Waals surface area (Å²) in [4.78, 5) is 10.7. The third-order valence-corrected chi connectivity index (χ3v) is 4.68. The van der Waals surface area contributed by atoms with E-state index in [2.05, 4.69) is 25.3 Å². The molecule has 2 aromatic rings. The highest BCUT2D eigenvalue weighted by molar-refractivity contribution is 5.33. The van der Waals surface area contributed by atoms with Crippen molar-refractivity contribution in [2.75, 3.05) is 18.4 Å². The molecule has 6 heteroatoms. The number of aromatic nitrogens is 3. The Hall–Kier alpha value is -1.95. The van der Waals surface area contributed by atoms with Gasteiger partial charge in [0.25, 0.3) is 0 Å². The molecule has 2 aliphatic rings. The van der Waals surface area contributed by atoms with Gasteiger partial charge in [0.1, 0.15) is 23.6 Å². The molecule has 0 amide bonds. The molecule has 0 unspecified atom stereocenters. The third kappa shape index (κ3) is 2.83. The summed E-state index contributed by atoms with van der Waals surface area (Å²) in [5, 5.41) is 7.76. The highest BCUT2D eigenvalue weighted by atomic mass is 16.5. The SMILES string of the molecule is c1cc(NC2CCN(Cc3noc4c3CCC4)CC2)ncn1. The third-order valence-electron chi connectivity index (χ3n) is 4.68. The molecule has 4 rings (SSSR count). The van der Waals surface area contributed by atoms with Crippen LogP contribution >= 0.6 is 0 Å². The summed E-state index contributed by atoms with van der Waals surface area (Å²) in [6.07, 6.45) is 9.04. The molecule has 0 saturated carbocycles. The first-order valence-corrected chi connectivity index (χ1v) is 8.10. The predicted molar refractivity (Wildman–Crippen MR) is 82.5 cm³/mol. The summed E-state index contributed by atoms with van der Waals surface area (Å²) < 4.78 is 5.45. The van der Waals surface area contributed by atoms with Gasteiger partial charge in [-0.25, -0.2) is 9.97 Å². The Morgan fingerprint density at radius 1 is 1.27 bits per heavy atom. The molecular weight excluding hydrogens is 278 g/mol. The van der Waals surface area contributed by atoms with Gasteiger partial charge in [0.2, 0.25) is 0 Å². The van der Waals surface area contributed by atoms with Crippen LogP contribution in [0.1, 0.15) is 36.3 Å². The number of hydrogen-bond donors (Lipinski definition) is 1. The second-order valence-corrected chi connectivity index (χ2v) is 6.17. The van der Waals surface area contributed by atoms with E-state index >= 15 is 0 Å². The molecule has 1 aliphatic heterocycles. The Balaban J connectivity index is 1.30. The predicted octanol–water partition coefficient (Wildman–Crippen LogP) is 2.03. The standard InChI is InChI=1S/C16H21N5O/c1-2-13-14(20-22-15(13)3-1)10-21-8-5-12(6-9-21)19-16-4-7-17-11-18-16/h4,7,11-12H,1-3,5-6,8-10H2,(H,17,18,19). The Morgan fingerprint density at radius 3 is 3.00 bits per heavy atom. The van der Waals surface area contributed by atoms with Gasteiger partial charge in [-0.2, -0.15) is 0 Å². The number of nitrogens with zero attached hydrogens (tertiary/aromatic N) is 4. The summed E-state index contributed by atoms with van der Waals surface area (Å²) in [6, 6.07) is 2.42. The van der Waals surface area contributed by atoms with Crippen molar-refractivity contribution in [1.29, 1.82) is 0 Å². The van der Waals surface area contributed by atoms with Crippen molar-refractivity contribution in [2.24, 2.45) is 0 Å². The lowest BCUT2D eigenvalue weighted by molar-refractivity contribution is 0.205. The maximum absolute atomic E-state index is 5.45. The highest BCUT2D eigenvalue weighted by Gasteiger charge is 2.25. The van der Waals surface area contributed by atoms with E-state index in [1.807, 2.05) is 6.07 Å². The number of fused-ring (bicyclic) bond motifs is 1. The van der Waals surface area contributed by atoms with E-state index in [0.717, 1.165) is 62.6 Å². The van der Waals surface area contributed by atoms with Gasteiger partial charge >= 0.3 is 0 Å². The van der Waals surface area contributed by atoms with Gasteiger partial charge < -0.3 is 9.84 Å². The second-order valence-electron chi connectivity index (χ2n) is 6.17. The van der Waals surface area contributed by atoms with Crippen molar-refractivity contribution >= 4 is 5.82 Å². The number of aryl methyl sites for hydroxylation is 1. The molecule has 1 N–H and O–H groups in total. The van der Waals surface area contributed by atoms with Gasteiger partial charge in [0.05, 0.1) is 0 Å². The molecule has 1 aliphatic carbocycles. The van der Waals surface area contributed by atoms with Gasteiger partial charge in [-0.1, -0.05) is 5.16 Å². The zero-order valence-electron chi connectivity index (χ0n) is 12.7. The van der Waals surface area contributed by atoms with Crippen molar-refractivity contribution < 1.29 is 4.52 Å².